The monoisotopic (exact) mass is 207 g/mol. The van der Waals surface area contributed by atoms with E-state index in [0.717, 1.165) is 0 Å². The van der Waals surface area contributed by atoms with Crippen molar-refractivity contribution in [3.63, 3.8) is 0 Å². The Kier molecular flexibility index (Phi) is 3.70. The van der Waals surface area contributed by atoms with Gasteiger partial charge in [0.05, 0.1) is 12.6 Å². The van der Waals surface area contributed by atoms with Crippen molar-refractivity contribution in [1.29, 1.82) is 0 Å². The molecule has 0 aliphatic heterocycles. The van der Waals surface area contributed by atoms with Crippen molar-refractivity contribution in [2.24, 2.45) is 0 Å². The molecule has 0 heterocycles. The molecule has 0 saturated heterocycles. The maximum Gasteiger partial charge on any atom is 0.131 e. The third kappa shape index (κ3) is 2.48. The Morgan fingerprint density at radius 3 is 2.80 bits per heavy atom. The third-order valence-electron chi connectivity index (χ3n) is 2.19. The van der Waals surface area contributed by atoms with Gasteiger partial charge in [0.25, 0.3) is 0 Å². The molecular formula is C12H14FNO. The molecule has 0 aromatic heterocycles. The van der Waals surface area contributed by atoms with Gasteiger partial charge in [0.2, 0.25) is 0 Å². The van der Waals surface area contributed by atoms with Gasteiger partial charge in [-0.2, -0.15) is 0 Å². The lowest BCUT2D eigenvalue weighted by Gasteiger charge is -2.21. The number of hydrogen-bond donors (Lipinski definition) is 1. The average Bonchev–Trinajstić information content (AvgIpc) is 2.17. The van der Waals surface area contributed by atoms with Crippen LogP contribution in [0.4, 0.5) is 10.1 Å². The van der Waals surface area contributed by atoms with Crippen LogP contribution >= 0.6 is 0 Å². The highest BCUT2D eigenvalue weighted by atomic mass is 19.1. The van der Waals surface area contributed by atoms with Gasteiger partial charge in [-0.25, -0.2) is 4.39 Å². The van der Waals surface area contributed by atoms with E-state index in [1.807, 2.05) is 0 Å². The minimum atomic E-state index is -0.846. The quantitative estimate of drug-likeness (QED) is 0.766. The van der Waals surface area contributed by atoms with Crippen LogP contribution < -0.4 is 4.90 Å². The first-order valence-electron chi connectivity index (χ1n) is 4.69. The highest BCUT2D eigenvalue weighted by molar-refractivity contribution is 5.55. The van der Waals surface area contributed by atoms with E-state index in [2.05, 4.69) is 5.92 Å². The summed E-state index contributed by atoms with van der Waals surface area (Å²) in [7, 11) is 1.76. The van der Waals surface area contributed by atoms with Gasteiger partial charge >= 0.3 is 0 Å². The first-order chi connectivity index (χ1) is 7.07. The topological polar surface area (TPSA) is 23.5 Å². The lowest BCUT2D eigenvalue weighted by atomic mass is 10.1. The number of benzene rings is 1. The lowest BCUT2D eigenvalue weighted by Crippen LogP contribution is -2.20. The van der Waals surface area contributed by atoms with Gasteiger partial charge in [-0.05, 0) is 19.1 Å². The number of nitrogens with zero attached hydrogens (tertiary/aromatic N) is 1. The maximum absolute atomic E-state index is 13.5. The van der Waals surface area contributed by atoms with Gasteiger partial charge < -0.3 is 10.0 Å². The Bertz CT molecular complexity index is 382. The molecule has 0 spiro atoms. The summed E-state index contributed by atoms with van der Waals surface area (Å²) in [6, 6.07) is 4.67. The molecule has 3 heteroatoms. The van der Waals surface area contributed by atoms with Crippen LogP contribution in [-0.4, -0.2) is 18.7 Å². The molecule has 0 bridgehead atoms. The molecule has 0 amide bonds. The molecule has 0 aliphatic carbocycles. The van der Waals surface area contributed by atoms with E-state index < -0.39 is 11.9 Å². The van der Waals surface area contributed by atoms with E-state index in [4.69, 9.17) is 6.42 Å². The predicted octanol–water partition coefficient (Wildman–Crippen LogP) is 1.95. The van der Waals surface area contributed by atoms with E-state index in [0.29, 0.717) is 12.2 Å². The zero-order valence-electron chi connectivity index (χ0n) is 8.87. The Labute approximate surface area is 89.3 Å². The highest BCUT2D eigenvalue weighted by Gasteiger charge is 2.15. The molecule has 15 heavy (non-hydrogen) atoms. The normalized spacial score (nSPS) is 11.9. The Hall–Kier alpha value is -1.53. The zero-order valence-corrected chi connectivity index (χ0v) is 8.87. The Morgan fingerprint density at radius 2 is 2.27 bits per heavy atom. The van der Waals surface area contributed by atoms with Crippen LogP contribution in [-0.2, 0) is 0 Å². The van der Waals surface area contributed by atoms with Gasteiger partial charge in [-0.1, -0.05) is 12.0 Å². The molecule has 1 N–H and O–H groups in total. The van der Waals surface area contributed by atoms with Crippen molar-refractivity contribution < 1.29 is 9.50 Å². The number of terminal acetylenes is 1. The first-order valence-corrected chi connectivity index (χ1v) is 4.69. The predicted molar refractivity (Wildman–Crippen MR) is 59.1 cm³/mol. The fourth-order valence-corrected chi connectivity index (χ4v) is 1.49. The largest absolute Gasteiger partial charge is 0.389 e. The van der Waals surface area contributed by atoms with E-state index in [1.54, 1.807) is 24.1 Å². The summed E-state index contributed by atoms with van der Waals surface area (Å²) in [5.41, 5.74) is 0.915. The second-order valence-corrected chi connectivity index (χ2v) is 3.41. The molecular weight excluding hydrogens is 193 g/mol. The van der Waals surface area contributed by atoms with E-state index in [1.165, 1.54) is 13.0 Å². The van der Waals surface area contributed by atoms with E-state index in [-0.39, 0.29) is 5.56 Å². The van der Waals surface area contributed by atoms with Crippen molar-refractivity contribution in [2.75, 3.05) is 18.5 Å². The van der Waals surface area contributed by atoms with Crippen LogP contribution in [0.5, 0.6) is 0 Å². The highest BCUT2D eigenvalue weighted by Crippen LogP contribution is 2.27. The number of aliphatic hydroxyl groups is 1. The number of aliphatic hydroxyl groups excluding tert-OH is 1. The zero-order chi connectivity index (χ0) is 11.4. The fourth-order valence-electron chi connectivity index (χ4n) is 1.49. The minimum absolute atomic E-state index is 0.287. The summed E-state index contributed by atoms with van der Waals surface area (Å²) < 4.78 is 13.5. The van der Waals surface area contributed by atoms with Gasteiger partial charge in [0.1, 0.15) is 5.82 Å². The first kappa shape index (κ1) is 11.5. The van der Waals surface area contributed by atoms with Crippen LogP contribution in [0.2, 0.25) is 0 Å². The van der Waals surface area contributed by atoms with Crippen LogP contribution in [0.3, 0.4) is 0 Å². The SMILES string of the molecule is C#CCN(C)c1cccc(F)c1C(C)O. The molecule has 1 rings (SSSR count). The summed E-state index contributed by atoms with van der Waals surface area (Å²) in [5.74, 6) is 2.06. The minimum Gasteiger partial charge on any atom is -0.389 e. The molecule has 1 unspecified atom stereocenters. The van der Waals surface area contributed by atoms with Crippen molar-refractivity contribution in [2.45, 2.75) is 13.0 Å². The van der Waals surface area contributed by atoms with E-state index in [9.17, 15) is 9.50 Å². The molecule has 1 atom stereocenters. The summed E-state index contributed by atoms with van der Waals surface area (Å²) in [6.07, 6.45) is 4.34. The van der Waals surface area contributed by atoms with Gasteiger partial charge in [0, 0.05) is 18.3 Å². The number of rotatable bonds is 3. The van der Waals surface area contributed by atoms with Crippen LogP contribution in [0.25, 0.3) is 0 Å². The van der Waals surface area contributed by atoms with Crippen LogP contribution in [0, 0.1) is 18.2 Å². The molecule has 1 aromatic rings. The summed E-state index contributed by atoms with van der Waals surface area (Å²) in [4.78, 5) is 1.73. The second kappa shape index (κ2) is 4.81. The van der Waals surface area contributed by atoms with Crippen molar-refractivity contribution in [1.82, 2.24) is 0 Å². The smallest absolute Gasteiger partial charge is 0.131 e. The standard InChI is InChI=1S/C12H14FNO/c1-4-8-14(3)11-7-5-6-10(13)12(11)9(2)15/h1,5-7,9,15H,8H2,2-3H3. The van der Waals surface area contributed by atoms with Crippen LogP contribution in [0.15, 0.2) is 18.2 Å². The second-order valence-electron chi connectivity index (χ2n) is 3.41. The maximum atomic E-state index is 13.5. The molecule has 1 aromatic carbocycles. The lowest BCUT2D eigenvalue weighted by molar-refractivity contribution is 0.194. The molecule has 0 saturated carbocycles. The van der Waals surface area contributed by atoms with Gasteiger partial charge in [-0.15, -0.1) is 6.42 Å². The Balaban J connectivity index is 3.17. The molecule has 2 nitrogen and oxygen atoms in total. The number of hydrogen-bond acceptors (Lipinski definition) is 2. The van der Waals surface area contributed by atoms with Crippen molar-refractivity contribution in [3.05, 3.63) is 29.6 Å². The summed E-state index contributed by atoms with van der Waals surface area (Å²) in [6.45, 7) is 1.91. The number of anilines is 1. The third-order valence-corrected chi connectivity index (χ3v) is 2.19. The molecule has 0 aliphatic rings. The van der Waals surface area contributed by atoms with Gasteiger partial charge in [0.15, 0.2) is 0 Å². The summed E-state index contributed by atoms with van der Waals surface area (Å²) >= 11 is 0. The molecule has 80 valence electrons. The Morgan fingerprint density at radius 1 is 1.60 bits per heavy atom. The average molecular weight is 207 g/mol. The number of halogens is 1. The van der Waals surface area contributed by atoms with Crippen LogP contribution in [0.1, 0.15) is 18.6 Å². The van der Waals surface area contributed by atoms with Crippen molar-refractivity contribution >= 4 is 5.69 Å². The fraction of sp³-hybridized carbons (Fsp3) is 0.333. The van der Waals surface area contributed by atoms with E-state index >= 15 is 0 Å². The van der Waals surface area contributed by atoms with Crippen molar-refractivity contribution in [3.8, 4) is 12.3 Å². The summed E-state index contributed by atoms with van der Waals surface area (Å²) in [5, 5.41) is 9.48. The van der Waals surface area contributed by atoms with Gasteiger partial charge in [-0.3, -0.25) is 0 Å². The molecule has 0 radical (unpaired) electrons. The molecule has 0 fully saturated rings.